The summed E-state index contributed by atoms with van der Waals surface area (Å²) in [5.41, 5.74) is -1.51. The third-order valence-corrected chi connectivity index (χ3v) is 3.01. The molecule has 0 aromatic heterocycles. The van der Waals surface area contributed by atoms with Crippen LogP contribution >= 0.6 is 11.6 Å². The summed E-state index contributed by atoms with van der Waals surface area (Å²) in [6.07, 6.45) is -4.72. The van der Waals surface area contributed by atoms with E-state index in [9.17, 15) is 22.2 Å². The number of hydrogen-bond acceptors (Lipinski definition) is 2. The molecule has 0 aliphatic carbocycles. The zero-order valence-corrected chi connectivity index (χ0v) is 10.6. The average molecular weight is 301 g/mol. The van der Waals surface area contributed by atoms with Crippen LogP contribution in [0.4, 0.5) is 13.2 Å². The molecule has 1 aromatic rings. The number of alkyl halides is 3. The molecular weight excluding hydrogens is 293 g/mol. The first-order valence-corrected chi connectivity index (χ1v) is 6.26. The van der Waals surface area contributed by atoms with Crippen molar-refractivity contribution >= 4 is 27.9 Å². The van der Waals surface area contributed by atoms with Gasteiger partial charge in [-0.3, -0.25) is 4.79 Å². The van der Waals surface area contributed by atoms with Crippen molar-refractivity contribution in [1.29, 1.82) is 0 Å². The van der Waals surface area contributed by atoms with Crippen LogP contribution in [-0.2, 0) is 23.0 Å². The predicted octanol–water partition coefficient (Wildman–Crippen LogP) is 3.11. The maximum atomic E-state index is 12.7. The summed E-state index contributed by atoms with van der Waals surface area (Å²) in [7, 11) is 0. The van der Waals surface area contributed by atoms with Crippen LogP contribution in [0.25, 0.3) is 0 Å². The SMILES string of the molecule is Cc1cc(CS(=O)O)c(C(F)(F)F)cc1C(=O)Cl. The minimum absolute atomic E-state index is 0.225. The van der Waals surface area contributed by atoms with Gasteiger partial charge in [0.2, 0.25) is 0 Å². The van der Waals surface area contributed by atoms with E-state index in [4.69, 9.17) is 16.2 Å². The van der Waals surface area contributed by atoms with E-state index < -0.39 is 33.8 Å². The van der Waals surface area contributed by atoms with Crippen LogP contribution in [-0.4, -0.2) is 14.0 Å². The van der Waals surface area contributed by atoms with Crippen molar-refractivity contribution in [1.82, 2.24) is 0 Å². The topological polar surface area (TPSA) is 54.4 Å². The number of aryl methyl sites for hydroxylation is 1. The van der Waals surface area contributed by atoms with Gasteiger partial charge in [0.05, 0.1) is 11.3 Å². The van der Waals surface area contributed by atoms with Crippen LogP contribution in [0.1, 0.15) is 27.0 Å². The normalized spacial score (nSPS) is 13.4. The number of carbonyl (C=O) groups excluding carboxylic acids is 1. The lowest BCUT2D eigenvalue weighted by atomic mass is 10.00. The first-order chi connectivity index (χ1) is 8.12. The third-order valence-electron chi connectivity index (χ3n) is 2.25. The molecule has 100 valence electrons. The monoisotopic (exact) mass is 300 g/mol. The first kappa shape index (κ1) is 15.1. The summed E-state index contributed by atoms with van der Waals surface area (Å²) in [6, 6.07) is 1.65. The van der Waals surface area contributed by atoms with E-state index in [-0.39, 0.29) is 16.7 Å². The molecule has 0 saturated carbocycles. The molecule has 3 nitrogen and oxygen atoms in total. The Morgan fingerprint density at radius 3 is 2.39 bits per heavy atom. The highest BCUT2D eigenvalue weighted by Gasteiger charge is 2.34. The number of hydrogen-bond donors (Lipinski definition) is 1. The van der Waals surface area contributed by atoms with E-state index in [1.807, 2.05) is 0 Å². The second kappa shape index (κ2) is 5.38. The van der Waals surface area contributed by atoms with Gasteiger partial charge < -0.3 is 4.55 Å². The van der Waals surface area contributed by atoms with Gasteiger partial charge in [0.1, 0.15) is 0 Å². The van der Waals surface area contributed by atoms with E-state index in [0.717, 1.165) is 6.07 Å². The molecule has 1 atom stereocenters. The van der Waals surface area contributed by atoms with Crippen molar-refractivity contribution in [3.63, 3.8) is 0 Å². The summed E-state index contributed by atoms with van der Waals surface area (Å²) in [5, 5.41) is -1.00. The highest BCUT2D eigenvalue weighted by molar-refractivity contribution is 7.78. The van der Waals surface area contributed by atoms with Crippen molar-refractivity contribution in [2.24, 2.45) is 0 Å². The van der Waals surface area contributed by atoms with Crippen LogP contribution in [0, 0.1) is 6.92 Å². The number of carbonyl (C=O) groups is 1. The second-order valence-electron chi connectivity index (χ2n) is 3.56. The summed E-state index contributed by atoms with van der Waals surface area (Å²) in [5.74, 6) is -0.660. The first-order valence-electron chi connectivity index (χ1n) is 4.61. The van der Waals surface area contributed by atoms with Gasteiger partial charge in [-0.25, -0.2) is 4.21 Å². The quantitative estimate of drug-likeness (QED) is 0.689. The molecule has 0 bridgehead atoms. The Hall–Kier alpha value is -0.920. The Bertz CT molecular complexity index is 514. The van der Waals surface area contributed by atoms with Gasteiger partial charge in [-0.15, -0.1) is 0 Å². The predicted molar refractivity (Wildman–Crippen MR) is 60.8 cm³/mol. The molecular formula is C10H8ClF3O3S. The average Bonchev–Trinajstić information content (AvgIpc) is 2.13. The molecule has 1 rings (SSSR count). The molecule has 0 saturated heterocycles. The zero-order valence-electron chi connectivity index (χ0n) is 9.05. The standard InChI is InChI=1S/C10H8ClF3O3S/c1-5-2-6(4-18(16)17)8(10(12,13)14)3-7(5)9(11)15/h2-3H,4H2,1H3,(H,16,17). The summed E-state index contributed by atoms with van der Waals surface area (Å²) < 4.78 is 57.5. The molecule has 0 aliphatic rings. The maximum Gasteiger partial charge on any atom is 0.416 e. The van der Waals surface area contributed by atoms with Gasteiger partial charge in [0.15, 0.2) is 11.1 Å². The minimum Gasteiger partial charge on any atom is -0.306 e. The molecule has 18 heavy (non-hydrogen) atoms. The smallest absolute Gasteiger partial charge is 0.306 e. The molecule has 1 N–H and O–H groups in total. The van der Waals surface area contributed by atoms with Crippen molar-refractivity contribution in [2.75, 3.05) is 0 Å². The third kappa shape index (κ3) is 3.54. The van der Waals surface area contributed by atoms with Crippen LogP contribution in [0.2, 0.25) is 0 Å². The molecule has 8 heteroatoms. The molecule has 0 fully saturated rings. The fraction of sp³-hybridized carbons (Fsp3) is 0.300. The Morgan fingerprint density at radius 2 is 2.00 bits per heavy atom. The summed E-state index contributed by atoms with van der Waals surface area (Å²) in [6.45, 7) is 1.40. The minimum atomic E-state index is -4.72. The van der Waals surface area contributed by atoms with Crippen molar-refractivity contribution in [3.05, 3.63) is 34.4 Å². The molecule has 0 amide bonds. The number of benzene rings is 1. The van der Waals surface area contributed by atoms with Gasteiger partial charge in [0.25, 0.3) is 5.24 Å². The fourth-order valence-corrected chi connectivity index (χ4v) is 2.20. The Balaban J connectivity index is 3.47. The lowest BCUT2D eigenvalue weighted by molar-refractivity contribution is -0.138. The van der Waals surface area contributed by atoms with Gasteiger partial charge in [-0.1, -0.05) is 6.07 Å². The molecule has 0 radical (unpaired) electrons. The van der Waals surface area contributed by atoms with E-state index in [1.165, 1.54) is 6.92 Å². The molecule has 0 heterocycles. The summed E-state index contributed by atoms with van der Waals surface area (Å²) >= 11 is 2.77. The van der Waals surface area contributed by atoms with E-state index in [0.29, 0.717) is 6.07 Å². The van der Waals surface area contributed by atoms with Gasteiger partial charge >= 0.3 is 6.18 Å². The highest BCUT2D eigenvalue weighted by atomic mass is 35.5. The number of rotatable bonds is 3. The molecule has 1 unspecified atom stereocenters. The fourth-order valence-electron chi connectivity index (χ4n) is 1.50. The van der Waals surface area contributed by atoms with Crippen LogP contribution < -0.4 is 0 Å². The Kier molecular flexibility index (Phi) is 4.52. The van der Waals surface area contributed by atoms with Crippen molar-refractivity contribution < 1.29 is 26.7 Å². The summed E-state index contributed by atoms with van der Waals surface area (Å²) in [4.78, 5) is 11.0. The molecule has 0 aliphatic heterocycles. The Labute approximate surface area is 108 Å². The largest absolute Gasteiger partial charge is 0.416 e. The zero-order chi connectivity index (χ0) is 14.1. The van der Waals surface area contributed by atoms with Crippen LogP contribution in [0.5, 0.6) is 0 Å². The van der Waals surface area contributed by atoms with Crippen LogP contribution in [0.15, 0.2) is 12.1 Å². The number of halogens is 4. The lowest BCUT2D eigenvalue weighted by Crippen LogP contribution is -2.13. The van der Waals surface area contributed by atoms with Crippen LogP contribution in [0.3, 0.4) is 0 Å². The molecule has 0 spiro atoms. The van der Waals surface area contributed by atoms with Gasteiger partial charge in [-0.2, -0.15) is 13.2 Å². The second-order valence-corrected chi connectivity index (χ2v) is 4.84. The van der Waals surface area contributed by atoms with Crippen molar-refractivity contribution in [3.8, 4) is 0 Å². The lowest BCUT2D eigenvalue weighted by Gasteiger charge is -2.14. The molecule has 1 aromatic carbocycles. The Morgan fingerprint density at radius 1 is 1.44 bits per heavy atom. The van der Waals surface area contributed by atoms with E-state index in [1.54, 1.807) is 0 Å². The van der Waals surface area contributed by atoms with E-state index >= 15 is 0 Å². The van der Waals surface area contributed by atoms with Crippen molar-refractivity contribution in [2.45, 2.75) is 18.9 Å². The van der Waals surface area contributed by atoms with Gasteiger partial charge in [0, 0.05) is 5.56 Å². The van der Waals surface area contributed by atoms with E-state index in [2.05, 4.69) is 0 Å². The maximum absolute atomic E-state index is 12.7. The van der Waals surface area contributed by atoms with Gasteiger partial charge in [-0.05, 0) is 35.7 Å². The highest BCUT2D eigenvalue weighted by Crippen LogP contribution is 2.34.